The molecule has 114 valence electrons. The Bertz CT molecular complexity index is 428. The number of aromatic nitrogens is 2. The lowest BCUT2D eigenvalue weighted by molar-refractivity contribution is -0.182. The molecule has 0 aromatic carbocycles. The highest BCUT2D eigenvalue weighted by Gasteiger charge is 2.27. The van der Waals surface area contributed by atoms with Crippen molar-refractivity contribution in [2.45, 2.75) is 39.6 Å². The molecule has 0 aliphatic heterocycles. The van der Waals surface area contributed by atoms with Crippen LogP contribution in [0.2, 0.25) is 0 Å². The first-order valence-electron chi connectivity index (χ1n) is 6.33. The Hall–Kier alpha value is -1.57. The molecule has 1 rings (SSSR count). The molecule has 1 aromatic heterocycles. The molecule has 0 saturated heterocycles. The van der Waals surface area contributed by atoms with Gasteiger partial charge in [-0.1, -0.05) is 13.8 Å². The molecular weight excluding hydrogens is 275 g/mol. The summed E-state index contributed by atoms with van der Waals surface area (Å²) >= 11 is 0. The summed E-state index contributed by atoms with van der Waals surface area (Å²) in [6.07, 6.45) is -0.107. The smallest absolute Gasteiger partial charge is 0.350 e. The molecule has 0 radical (unpaired) electrons. The van der Waals surface area contributed by atoms with E-state index in [1.165, 1.54) is 17.1 Å². The lowest BCUT2D eigenvalue weighted by atomic mass is 10.0. The van der Waals surface area contributed by atoms with Crippen molar-refractivity contribution in [2.24, 2.45) is 5.92 Å². The van der Waals surface area contributed by atoms with E-state index in [0.29, 0.717) is 5.69 Å². The number of nitrogens with zero attached hydrogens (tertiary/aromatic N) is 2. The maximum atomic E-state index is 11.9. The summed E-state index contributed by atoms with van der Waals surface area (Å²) in [4.78, 5) is 11.8. The van der Waals surface area contributed by atoms with E-state index in [1.807, 2.05) is 13.8 Å². The van der Waals surface area contributed by atoms with Crippen LogP contribution in [0.4, 0.5) is 18.9 Å². The van der Waals surface area contributed by atoms with E-state index < -0.39 is 12.8 Å². The first-order chi connectivity index (χ1) is 9.35. The Morgan fingerprint density at radius 3 is 2.65 bits per heavy atom. The molecule has 1 aromatic rings. The van der Waals surface area contributed by atoms with Crippen LogP contribution in [0, 0.1) is 5.92 Å². The SMILES string of the molecule is CCC(CC)C(=O)Nc1cnn(COCC(F)(F)F)c1. The van der Waals surface area contributed by atoms with E-state index in [1.54, 1.807) is 0 Å². The molecule has 20 heavy (non-hydrogen) atoms. The molecule has 0 bridgehead atoms. The van der Waals surface area contributed by atoms with Gasteiger partial charge in [-0.15, -0.1) is 0 Å². The van der Waals surface area contributed by atoms with Gasteiger partial charge >= 0.3 is 6.18 Å². The molecule has 0 atom stereocenters. The van der Waals surface area contributed by atoms with Crippen LogP contribution in [-0.2, 0) is 16.3 Å². The van der Waals surface area contributed by atoms with Crippen molar-refractivity contribution in [1.82, 2.24) is 9.78 Å². The van der Waals surface area contributed by atoms with E-state index >= 15 is 0 Å². The minimum atomic E-state index is -4.36. The molecule has 0 spiro atoms. The zero-order chi connectivity index (χ0) is 15.2. The summed E-state index contributed by atoms with van der Waals surface area (Å²) in [6, 6.07) is 0. The summed E-state index contributed by atoms with van der Waals surface area (Å²) in [6.45, 7) is 2.19. The second-order valence-corrected chi connectivity index (χ2v) is 4.36. The number of carbonyl (C=O) groups excluding carboxylic acids is 1. The quantitative estimate of drug-likeness (QED) is 0.841. The second-order valence-electron chi connectivity index (χ2n) is 4.36. The third-order valence-electron chi connectivity index (χ3n) is 2.75. The maximum Gasteiger partial charge on any atom is 0.411 e. The number of rotatable bonds is 7. The molecule has 0 unspecified atom stereocenters. The summed E-state index contributed by atoms with van der Waals surface area (Å²) in [5.41, 5.74) is 0.442. The Morgan fingerprint density at radius 1 is 1.45 bits per heavy atom. The largest absolute Gasteiger partial charge is 0.411 e. The van der Waals surface area contributed by atoms with Gasteiger partial charge in [-0.05, 0) is 12.8 Å². The fourth-order valence-corrected chi connectivity index (χ4v) is 1.66. The monoisotopic (exact) mass is 293 g/mol. The number of nitrogens with one attached hydrogen (secondary N) is 1. The van der Waals surface area contributed by atoms with Crippen LogP contribution in [0.25, 0.3) is 0 Å². The Morgan fingerprint density at radius 2 is 2.10 bits per heavy atom. The summed E-state index contributed by atoms with van der Waals surface area (Å²) in [5.74, 6) is -0.203. The molecule has 0 saturated carbocycles. The lowest BCUT2D eigenvalue weighted by Crippen LogP contribution is -2.21. The van der Waals surface area contributed by atoms with E-state index in [-0.39, 0.29) is 18.6 Å². The van der Waals surface area contributed by atoms with Gasteiger partial charge in [-0.2, -0.15) is 18.3 Å². The lowest BCUT2D eigenvalue weighted by Gasteiger charge is -2.11. The predicted molar refractivity (Wildman–Crippen MR) is 66.9 cm³/mol. The number of carbonyl (C=O) groups is 1. The Balaban J connectivity index is 2.45. The minimum Gasteiger partial charge on any atom is -0.350 e. The average Bonchev–Trinajstić information content (AvgIpc) is 2.76. The average molecular weight is 293 g/mol. The third kappa shape index (κ3) is 5.60. The van der Waals surface area contributed by atoms with Crippen LogP contribution in [0.3, 0.4) is 0 Å². The molecule has 0 aliphatic carbocycles. The highest BCUT2D eigenvalue weighted by atomic mass is 19.4. The van der Waals surface area contributed by atoms with E-state index in [0.717, 1.165) is 12.8 Å². The topological polar surface area (TPSA) is 56.2 Å². The first-order valence-corrected chi connectivity index (χ1v) is 6.33. The second kappa shape index (κ2) is 7.28. The molecule has 0 aliphatic rings. The van der Waals surface area contributed by atoms with Crippen LogP contribution in [0.15, 0.2) is 12.4 Å². The number of hydrogen-bond donors (Lipinski definition) is 1. The van der Waals surface area contributed by atoms with Crippen LogP contribution >= 0.6 is 0 Å². The van der Waals surface area contributed by atoms with Gasteiger partial charge in [0.05, 0.1) is 18.1 Å². The predicted octanol–water partition coefficient (Wildman–Crippen LogP) is 2.79. The normalized spacial score (nSPS) is 11.9. The van der Waals surface area contributed by atoms with Crippen molar-refractivity contribution in [3.63, 3.8) is 0 Å². The number of hydrogen-bond acceptors (Lipinski definition) is 3. The van der Waals surface area contributed by atoms with Crippen molar-refractivity contribution in [3.8, 4) is 0 Å². The molecule has 1 amide bonds. The fourth-order valence-electron chi connectivity index (χ4n) is 1.66. The molecule has 1 N–H and O–H groups in total. The van der Waals surface area contributed by atoms with Crippen LogP contribution < -0.4 is 5.32 Å². The van der Waals surface area contributed by atoms with Crippen LogP contribution in [0.5, 0.6) is 0 Å². The molecule has 5 nitrogen and oxygen atoms in total. The number of anilines is 1. The summed E-state index contributed by atoms with van der Waals surface area (Å²) < 4.78 is 41.3. The Kier molecular flexibility index (Phi) is 6.00. The summed E-state index contributed by atoms with van der Waals surface area (Å²) in [5, 5.41) is 6.48. The zero-order valence-corrected chi connectivity index (χ0v) is 11.4. The summed E-state index contributed by atoms with van der Waals surface area (Å²) in [7, 11) is 0. The van der Waals surface area contributed by atoms with Crippen molar-refractivity contribution in [2.75, 3.05) is 11.9 Å². The van der Waals surface area contributed by atoms with Gasteiger partial charge < -0.3 is 10.1 Å². The van der Waals surface area contributed by atoms with Crippen molar-refractivity contribution in [3.05, 3.63) is 12.4 Å². The van der Waals surface area contributed by atoms with Gasteiger partial charge in [0.25, 0.3) is 0 Å². The number of halogens is 3. The van der Waals surface area contributed by atoms with Crippen LogP contribution in [-0.4, -0.2) is 28.5 Å². The first kappa shape index (κ1) is 16.5. The fraction of sp³-hybridized carbons (Fsp3) is 0.667. The zero-order valence-electron chi connectivity index (χ0n) is 11.4. The van der Waals surface area contributed by atoms with Gasteiger partial charge in [0, 0.05) is 5.92 Å². The number of alkyl halides is 3. The van der Waals surface area contributed by atoms with Crippen molar-refractivity contribution in [1.29, 1.82) is 0 Å². The highest BCUT2D eigenvalue weighted by molar-refractivity contribution is 5.92. The van der Waals surface area contributed by atoms with Crippen molar-refractivity contribution >= 4 is 11.6 Å². The number of ether oxygens (including phenoxy) is 1. The molecule has 0 fully saturated rings. The molecular formula is C12H18F3N3O2. The molecule has 8 heteroatoms. The standard InChI is InChI=1S/C12H18F3N3O2/c1-3-9(4-2)11(19)17-10-5-16-18(6-10)8-20-7-12(13,14)15/h5-6,9H,3-4,7-8H2,1-2H3,(H,17,19). The van der Waals surface area contributed by atoms with Gasteiger partial charge in [-0.3, -0.25) is 4.79 Å². The van der Waals surface area contributed by atoms with Gasteiger partial charge in [0.15, 0.2) is 0 Å². The van der Waals surface area contributed by atoms with Gasteiger partial charge in [0.2, 0.25) is 5.91 Å². The van der Waals surface area contributed by atoms with Crippen molar-refractivity contribution < 1.29 is 22.7 Å². The van der Waals surface area contributed by atoms with Gasteiger partial charge in [0.1, 0.15) is 13.3 Å². The van der Waals surface area contributed by atoms with E-state index in [9.17, 15) is 18.0 Å². The third-order valence-corrected chi connectivity index (χ3v) is 2.75. The highest BCUT2D eigenvalue weighted by Crippen LogP contribution is 2.15. The van der Waals surface area contributed by atoms with E-state index in [2.05, 4.69) is 15.2 Å². The maximum absolute atomic E-state index is 11.9. The van der Waals surface area contributed by atoms with E-state index in [4.69, 9.17) is 0 Å². The number of amides is 1. The molecule has 1 heterocycles. The van der Waals surface area contributed by atoms with Gasteiger partial charge in [-0.25, -0.2) is 4.68 Å². The van der Waals surface area contributed by atoms with Crippen LogP contribution in [0.1, 0.15) is 26.7 Å². The minimum absolute atomic E-state index is 0.0835. The Labute approximate surface area is 115 Å².